The van der Waals surface area contributed by atoms with Gasteiger partial charge in [0.25, 0.3) is 0 Å². The largest absolute Gasteiger partial charge is 0.399 e. The van der Waals surface area contributed by atoms with Gasteiger partial charge >= 0.3 is 0 Å². The number of carbonyl (C=O) groups is 1. The van der Waals surface area contributed by atoms with Crippen LogP contribution in [0.25, 0.3) is 0 Å². The summed E-state index contributed by atoms with van der Waals surface area (Å²) in [4.78, 5) is 14.5. The first kappa shape index (κ1) is 14.8. The van der Waals surface area contributed by atoms with Crippen molar-refractivity contribution in [2.45, 2.75) is 32.4 Å². The van der Waals surface area contributed by atoms with Crippen molar-refractivity contribution >= 4 is 17.3 Å². The number of nitrogen functional groups attached to an aromatic ring is 1. The Kier molecular flexibility index (Phi) is 4.98. The smallest absolute Gasteiger partial charge is 0.241 e. The first-order valence-corrected chi connectivity index (χ1v) is 7.08. The lowest BCUT2D eigenvalue weighted by molar-refractivity contribution is -0.121. The lowest BCUT2D eigenvalue weighted by Crippen LogP contribution is -2.44. The number of anilines is 2. The van der Waals surface area contributed by atoms with Crippen LogP contribution in [0.1, 0.15) is 20.3 Å². The molecule has 1 aromatic rings. The van der Waals surface area contributed by atoms with Crippen LogP contribution in [0.2, 0.25) is 0 Å². The third kappa shape index (κ3) is 3.95. The number of nitrogens with two attached hydrogens (primary N) is 1. The number of hydrogen-bond donors (Lipinski definition) is 2. The summed E-state index contributed by atoms with van der Waals surface area (Å²) in [5, 5.41) is 2.92. The van der Waals surface area contributed by atoms with Crippen LogP contribution >= 0.6 is 0 Å². The molecule has 0 aliphatic carbocycles. The van der Waals surface area contributed by atoms with Crippen molar-refractivity contribution in [1.29, 1.82) is 0 Å². The van der Waals surface area contributed by atoms with Gasteiger partial charge in [-0.2, -0.15) is 0 Å². The van der Waals surface area contributed by atoms with E-state index in [2.05, 4.69) is 10.2 Å². The highest BCUT2D eigenvalue weighted by atomic mass is 16.5. The van der Waals surface area contributed by atoms with E-state index in [0.717, 1.165) is 31.8 Å². The molecule has 0 spiro atoms. The molecule has 110 valence electrons. The van der Waals surface area contributed by atoms with Crippen molar-refractivity contribution in [2.24, 2.45) is 0 Å². The third-order valence-corrected chi connectivity index (χ3v) is 3.59. The maximum atomic E-state index is 12.3. The van der Waals surface area contributed by atoms with E-state index in [1.54, 1.807) is 12.1 Å². The van der Waals surface area contributed by atoms with Crippen LogP contribution in [0.3, 0.4) is 0 Å². The number of rotatable bonds is 3. The Balaban J connectivity index is 1.95. The van der Waals surface area contributed by atoms with Crippen LogP contribution in [0, 0.1) is 0 Å². The normalized spacial score (nSPS) is 22.0. The van der Waals surface area contributed by atoms with Crippen molar-refractivity contribution in [1.82, 2.24) is 4.90 Å². The second-order valence-electron chi connectivity index (χ2n) is 5.32. The average molecular weight is 277 g/mol. The fourth-order valence-electron chi connectivity index (χ4n) is 2.36. The van der Waals surface area contributed by atoms with E-state index in [0.29, 0.717) is 5.69 Å². The number of nitrogens with zero attached hydrogens (tertiary/aromatic N) is 1. The first-order chi connectivity index (χ1) is 9.56. The molecule has 1 fully saturated rings. The molecule has 1 amide bonds. The van der Waals surface area contributed by atoms with Gasteiger partial charge in [-0.25, -0.2) is 0 Å². The predicted octanol–water partition coefficient (Wildman–Crippen LogP) is 1.71. The summed E-state index contributed by atoms with van der Waals surface area (Å²) >= 11 is 0. The maximum absolute atomic E-state index is 12.3. The van der Waals surface area contributed by atoms with E-state index < -0.39 is 0 Å². The van der Waals surface area contributed by atoms with Gasteiger partial charge in [0, 0.05) is 31.1 Å². The molecule has 0 radical (unpaired) electrons. The zero-order chi connectivity index (χ0) is 14.5. The molecule has 2 unspecified atom stereocenters. The number of nitrogens with one attached hydrogen (secondary N) is 1. The van der Waals surface area contributed by atoms with Gasteiger partial charge in [0.1, 0.15) is 0 Å². The number of benzene rings is 1. The molecule has 1 aliphatic heterocycles. The molecule has 1 saturated heterocycles. The van der Waals surface area contributed by atoms with Gasteiger partial charge < -0.3 is 15.8 Å². The molecular formula is C15H23N3O2. The van der Waals surface area contributed by atoms with Gasteiger partial charge in [0.05, 0.1) is 12.1 Å². The second kappa shape index (κ2) is 6.72. The molecule has 0 saturated carbocycles. The monoisotopic (exact) mass is 277 g/mol. The van der Waals surface area contributed by atoms with Crippen molar-refractivity contribution in [3.05, 3.63) is 24.3 Å². The Bertz CT molecular complexity index is 447. The summed E-state index contributed by atoms with van der Waals surface area (Å²) in [5.74, 6) is 0.00358. The van der Waals surface area contributed by atoms with Crippen LogP contribution in [0.5, 0.6) is 0 Å². The number of carbonyl (C=O) groups excluding carboxylic acids is 1. The Labute approximate surface area is 120 Å². The standard InChI is InChI=1S/C15H23N3O2/c1-11-10-18(8-3-9-20-11)12(2)15(19)17-14-6-4-13(16)5-7-14/h4-7,11-12H,3,8-10,16H2,1-2H3,(H,17,19). The Morgan fingerprint density at radius 3 is 2.85 bits per heavy atom. The molecule has 1 aliphatic rings. The minimum absolute atomic E-state index is 0.00358. The van der Waals surface area contributed by atoms with Crippen molar-refractivity contribution in [2.75, 3.05) is 30.7 Å². The molecule has 5 heteroatoms. The Hall–Kier alpha value is -1.59. The number of amides is 1. The van der Waals surface area contributed by atoms with Gasteiger partial charge in [0.2, 0.25) is 5.91 Å². The summed E-state index contributed by atoms with van der Waals surface area (Å²) in [6, 6.07) is 7.02. The molecule has 20 heavy (non-hydrogen) atoms. The molecule has 3 N–H and O–H groups in total. The molecule has 1 heterocycles. The van der Waals surface area contributed by atoms with Gasteiger partial charge in [-0.15, -0.1) is 0 Å². The number of ether oxygens (including phenoxy) is 1. The van der Waals surface area contributed by atoms with Crippen LogP contribution in [-0.2, 0) is 9.53 Å². The van der Waals surface area contributed by atoms with Gasteiger partial charge in [-0.3, -0.25) is 9.69 Å². The van der Waals surface area contributed by atoms with E-state index in [-0.39, 0.29) is 18.1 Å². The van der Waals surface area contributed by atoms with E-state index in [9.17, 15) is 4.79 Å². The maximum Gasteiger partial charge on any atom is 0.241 e. The van der Waals surface area contributed by atoms with E-state index in [1.165, 1.54) is 0 Å². The molecule has 2 atom stereocenters. The second-order valence-corrected chi connectivity index (χ2v) is 5.32. The number of hydrogen-bond acceptors (Lipinski definition) is 4. The van der Waals surface area contributed by atoms with E-state index in [4.69, 9.17) is 10.5 Å². The summed E-state index contributed by atoms with van der Waals surface area (Å²) in [6.07, 6.45) is 1.13. The van der Waals surface area contributed by atoms with Crippen molar-refractivity contribution in [3.8, 4) is 0 Å². The third-order valence-electron chi connectivity index (χ3n) is 3.59. The lowest BCUT2D eigenvalue weighted by atomic mass is 10.2. The Morgan fingerprint density at radius 2 is 2.15 bits per heavy atom. The fraction of sp³-hybridized carbons (Fsp3) is 0.533. The van der Waals surface area contributed by atoms with Crippen LogP contribution in [0.4, 0.5) is 11.4 Å². The SMILES string of the molecule is CC1CN(C(C)C(=O)Nc2ccc(N)cc2)CCCO1. The summed E-state index contributed by atoms with van der Waals surface area (Å²) < 4.78 is 5.61. The average Bonchev–Trinajstić information content (AvgIpc) is 2.65. The predicted molar refractivity (Wildman–Crippen MR) is 80.6 cm³/mol. The van der Waals surface area contributed by atoms with Gasteiger partial charge in [0.15, 0.2) is 0 Å². The highest BCUT2D eigenvalue weighted by Gasteiger charge is 2.24. The summed E-state index contributed by atoms with van der Waals surface area (Å²) in [7, 11) is 0. The lowest BCUT2D eigenvalue weighted by Gasteiger charge is -2.27. The zero-order valence-electron chi connectivity index (χ0n) is 12.1. The molecule has 5 nitrogen and oxygen atoms in total. The van der Waals surface area contributed by atoms with Crippen molar-refractivity contribution in [3.63, 3.8) is 0 Å². The highest BCUT2D eigenvalue weighted by molar-refractivity contribution is 5.94. The van der Waals surface area contributed by atoms with E-state index >= 15 is 0 Å². The fourth-order valence-corrected chi connectivity index (χ4v) is 2.36. The molecule has 0 bridgehead atoms. The summed E-state index contributed by atoms with van der Waals surface area (Å²) in [5.41, 5.74) is 7.09. The minimum Gasteiger partial charge on any atom is -0.399 e. The topological polar surface area (TPSA) is 67.6 Å². The van der Waals surface area contributed by atoms with E-state index in [1.807, 2.05) is 26.0 Å². The molecular weight excluding hydrogens is 254 g/mol. The van der Waals surface area contributed by atoms with Crippen LogP contribution in [-0.4, -0.2) is 42.6 Å². The van der Waals surface area contributed by atoms with Crippen LogP contribution in [0.15, 0.2) is 24.3 Å². The first-order valence-electron chi connectivity index (χ1n) is 7.08. The van der Waals surface area contributed by atoms with Gasteiger partial charge in [-0.05, 0) is 44.5 Å². The molecule has 0 aromatic heterocycles. The van der Waals surface area contributed by atoms with Gasteiger partial charge in [-0.1, -0.05) is 0 Å². The highest BCUT2D eigenvalue weighted by Crippen LogP contribution is 2.14. The van der Waals surface area contributed by atoms with Crippen molar-refractivity contribution < 1.29 is 9.53 Å². The minimum atomic E-state index is -0.170. The van der Waals surface area contributed by atoms with Crippen LogP contribution < -0.4 is 11.1 Å². The quantitative estimate of drug-likeness (QED) is 0.825. The summed E-state index contributed by atoms with van der Waals surface area (Å²) in [6.45, 7) is 6.43. The molecule has 1 aromatic carbocycles. The zero-order valence-corrected chi connectivity index (χ0v) is 12.1. The molecule has 2 rings (SSSR count). The Morgan fingerprint density at radius 1 is 1.45 bits per heavy atom.